The number of aromatic nitrogens is 3. The summed E-state index contributed by atoms with van der Waals surface area (Å²) in [5.74, 6) is 0.989. The number of rotatable bonds is 2. The minimum atomic E-state index is 0.904. The van der Waals surface area contributed by atoms with Crippen molar-refractivity contribution in [3.05, 3.63) is 18.6 Å². The van der Waals surface area contributed by atoms with Gasteiger partial charge in [0.1, 0.15) is 12.0 Å². The quantitative estimate of drug-likeness (QED) is 0.881. The summed E-state index contributed by atoms with van der Waals surface area (Å²) in [4.78, 5) is 11.8. The van der Waals surface area contributed by atoms with E-state index in [0.717, 1.165) is 29.9 Å². The summed E-state index contributed by atoms with van der Waals surface area (Å²) < 4.78 is 0. The van der Waals surface area contributed by atoms with Crippen LogP contribution in [0.5, 0.6) is 0 Å². The molecule has 1 aliphatic heterocycles. The molecule has 3 rings (SSSR count). The molecule has 2 aromatic rings. The van der Waals surface area contributed by atoms with Crippen LogP contribution < -0.4 is 5.01 Å². The third kappa shape index (κ3) is 2.06. The molecule has 0 unspecified atom stereocenters. The van der Waals surface area contributed by atoms with Crippen LogP contribution in [0.3, 0.4) is 0 Å². The Morgan fingerprint density at radius 2 is 1.94 bits per heavy atom. The number of nitrogens with zero attached hydrogens (tertiary/aromatic N) is 4. The van der Waals surface area contributed by atoms with Crippen molar-refractivity contribution < 1.29 is 0 Å². The summed E-state index contributed by atoms with van der Waals surface area (Å²) in [6.07, 6.45) is 8.76. The van der Waals surface area contributed by atoms with Crippen LogP contribution in [0.2, 0.25) is 0 Å². The van der Waals surface area contributed by atoms with Crippen molar-refractivity contribution in [2.45, 2.75) is 25.7 Å². The van der Waals surface area contributed by atoms with Crippen molar-refractivity contribution in [2.75, 3.05) is 25.1 Å². The van der Waals surface area contributed by atoms with Gasteiger partial charge in [-0.1, -0.05) is 12.8 Å². The fourth-order valence-corrected chi connectivity index (χ4v) is 2.60. The van der Waals surface area contributed by atoms with E-state index in [-0.39, 0.29) is 0 Å². The number of hydrogen-bond acceptors (Lipinski definition) is 4. The molecule has 5 nitrogen and oxygen atoms in total. The van der Waals surface area contributed by atoms with E-state index in [1.54, 1.807) is 6.33 Å². The van der Waals surface area contributed by atoms with E-state index in [2.05, 4.69) is 32.0 Å². The van der Waals surface area contributed by atoms with Crippen LogP contribution in [0, 0.1) is 0 Å². The number of hydrogen-bond donors (Lipinski definition) is 1. The number of fused-ring (bicyclic) bond motifs is 1. The van der Waals surface area contributed by atoms with E-state index >= 15 is 0 Å². The molecule has 0 saturated carbocycles. The molecule has 96 valence electrons. The lowest BCUT2D eigenvalue weighted by Gasteiger charge is -2.31. The topological polar surface area (TPSA) is 48.1 Å². The van der Waals surface area contributed by atoms with Crippen molar-refractivity contribution in [1.29, 1.82) is 0 Å². The Morgan fingerprint density at radius 1 is 1.17 bits per heavy atom. The minimum absolute atomic E-state index is 0.904. The Morgan fingerprint density at radius 3 is 2.72 bits per heavy atom. The van der Waals surface area contributed by atoms with Gasteiger partial charge in [-0.15, -0.1) is 0 Å². The van der Waals surface area contributed by atoms with Gasteiger partial charge in [-0.05, 0) is 18.9 Å². The normalized spacial score (nSPS) is 17.8. The van der Waals surface area contributed by atoms with Gasteiger partial charge < -0.3 is 4.98 Å². The van der Waals surface area contributed by atoms with Crippen LogP contribution in [0.1, 0.15) is 25.7 Å². The van der Waals surface area contributed by atoms with Crippen LogP contribution in [0.25, 0.3) is 11.0 Å². The highest BCUT2D eigenvalue weighted by Gasteiger charge is 2.17. The first kappa shape index (κ1) is 11.5. The molecule has 5 heteroatoms. The first-order valence-electron chi connectivity index (χ1n) is 6.63. The summed E-state index contributed by atoms with van der Waals surface area (Å²) in [5.41, 5.74) is 0.904. The van der Waals surface area contributed by atoms with Crippen LogP contribution >= 0.6 is 0 Å². The molecule has 0 amide bonds. The van der Waals surface area contributed by atoms with E-state index in [0.29, 0.717) is 0 Å². The third-order valence-corrected chi connectivity index (χ3v) is 3.65. The molecule has 3 heterocycles. The summed E-state index contributed by atoms with van der Waals surface area (Å²) in [6.45, 7) is 2.23. The second-order valence-corrected chi connectivity index (χ2v) is 4.83. The van der Waals surface area contributed by atoms with E-state index in [4.69, 9.17) is 0 Å². The molecule has 0 aliphatic carbocycles. The summed E-state index contributed by atoms with van der Waals surface area (Å²) >= 11 is 0. The molecule has 18 heavy (non-hydrogen) atoms. The van der Waals surface area contributed by atoms with Gasteiger partial charge in [0.2, 0.25) is 0 Å². The van der Waals surface area contributed by atoms with Gasteiger partial charge in [0.05, 0.1) is 5.39 Å². The Bertz CT molecular complexity index is 513. The molecule has 1 aliphatic rings. The fraction of sp³-hybridized carbons (Fsp3) is 0.538. The number of H-pyrrole nitrogens is 1. The van der Waals surface area contributed by atoms with Gasteiger partial charge in [0.15, 0.2) is 5.82 Å². The van der Waals surface area contributed by atoms with Crippen molar-refractivity contribution in [2.24, 2.45) is 0 Å². The lowest BCUT2D eigenvalue weighted by Crippen LogP contribution is -2.41. The standard InChI is InChI=1S/C13H19N5/c1-17(18-8-4-2-3-5-9-18)13-11-6-7-14-12(11)15-10-16-13/h6-7,10H,2-5,8-9H2,1H3,(H,14,15,16). The van der Waals surface area contributed by atoms with E-state index < -0.39 is 0 Å². The van der Waals surface area contributed by atoms with Crippen molar-refractivity contribution in [3.63, 3.8) is 0 Å². The van der Waals surface area contributed by atoms with Crippen molar-refractivity contribution >= 4 is 16.9 Å². The Kier molecular flexibility index (Phi) is 3.15. The highest BCUT2D eigenvalue weighted by molar-refractivity contribution is 5.86. The lowest BCUT2D eigenvalue weighted by atomic mass is 10.2. The molecule has 0 aromatic carbocycles. The van der Waals surface area contributed by atoms with E-state index in [1.807, 2.05) is 12.3 Å². The first-order chi connectivity index (χ1) is 8.86. The third-order valence-electron chi connectivity index (χ3n) is 3.65. The molecular formula is C13H19N5. The zero-order valence-corrected chi connectivity index (χ0v) is 10.8. The molecule has 0 bridgehead atoms. The smallest absolute Gasteiger partial charge is 0.155 e. The summed E-state index contributed by atoms with van der Waals surface area (Å²) in [6, 6.07) is 2.04. The highest BCUT2D eigenvalue weighted by atomic mass is 15.6. The molecule has 1 saturated heterocycles. The largest absolute Gasteiger partial charge is 0.346 e. The predicted octanol–water partition coefficient (Wildman–Crippen LogP) is 2.19. The second-order valence-electron chi connectivity index (χ2n) is 4.83. The molecule has 1 fully saturated rings. The Labute approximate surface area is 107 Å². The fourth-order valence-electron chi connectivity index (χ4n) is 2.60. The molecule has 0 spiro atoms. The van der Waals surface area contributed by atoms with Crippen LogP contribution in [0.4, 0.5) is 5.82 Å². The molecule has 1 N–H and O–H groups in total. The van der Waals surface area contributed by atoms with Gasteiger partial charge in [0, 0.05) is 26.3 Å². The number of hydrazine groups is 1. The average Bonchev–Trinajstić information content (AvgIpc) is 2.71. The van der Waals surface area contributed by atoms with Gasteiger partial charge in [-0.25, -0.2) is 15.0 Å². The maximum absolute atomic E-state index is 4.44. The zero-order chi connectivity index (χ0) is 12.4. The number of nitrogens with one attached hydrogen (secondary N) is 1. The van der Waals surface area contributed by atoms with Gasteiger partial charge in [-0.2, -0.15) is 0 Å². The Hall–Kier alpha value is -1.62. The molecular weight excluding hydrogens is 226 g/mol. The lowest BCUT2D eigenvalue weighted by molar-refractivity contribution is 0.274. The van der Waals surface area contributed by atoms with Crippen molar-refractivity contribution in [1.82, 2.24) is 20.0 Å². The Balaban J connectivity index is 1.90. The average molecular weight is 245 g/mol. The maximum atomic E-state index is 4.44. The predicted molar refractivity (Wildman–Crippen MR) is 72.3 cm³/mol. The summed E-state index contributed by atoms with van der Waals surface area (Å²) in [5, 5.41) is 5.66. The van der Waals surface area contributed by atoms with Crippen LogP contribution in [-0.4, -0.2) is 40.1 Å². The van der Waals surface area contributed by atoms with E-state index in [1.165, 1.54) is 25.7 Å². The van der Waals surface area contributed by atoms with Crippen molar-refractivity contribution in [3.8, 4) is 0 Å². The van der Waals surface area contributed by atoms with Gasteiger partial charge in [0.25, 0.3) is 0 Å². The molecule has 2 aromatic heterocycles. The number of aromatic amines is 1. The van der Waals surface area contributed by atoms with Gasteiger partial charge in [-0.3, -0.25) is 5.01 Å². The van der Waals surface area contributed by atoms with E-state index in [9.17, 15) is 0 Å². The number of anilines is 1. The maximum Gasteiger partial charge on any atom is 0.155 e. The van der Waals surface area contributed by atoms with Crippen LogP contribution in [-0.2, 0) is 0 Å². The SMILES string of the molecule is CN(c1ncnc2[nH]ccc12)N1CCCCCC1. The summed E-state index contributed by atoms with van der Waals surface area (Å²) in [7, 11) is 2.10. The first-order valence-corrected chi connectivity index (χ1v) is 6.63. The second kappa shape index (κ2) is 4.94. The monoisotopic (exact) mass is 245 g/mol. The van der Waals surface area contributed by atoms with Crippen LogP contribution in [0.15, 0.2) is 18.6 Å². The van der Waals surface area contributed by atoms with Gasteiger partial charge >= 0.3 is 0 Å². The molecule has 0 atom stereocenters. The highest BCUT2D eigenvalue weighted by Crippen LogP contribution is 2.23. The molecule has 0 radical (unpaired) electrons. The minimum Gasteiger partial charge on any atom is -0.346 e. The zero-order valence-electron chi connectivity index (χ0n) is 10.8.